The second-order valence-corrected chi connectivity index (χ2v) is 5.47. The molecule has 1 aliphatic rings. The van der Waals surface area contributed by atoms with E-state index in [-0.39, 0.29) is 19.4 Å². The third-order valence-electron chi connectivity index (χ3n) is 2.52. The van der Waals surface area contributed by atoms with Crippen molar-refractivity contribution >= 4 is 6.09 Å². The first kappa shape index (κ1) is 14.2. The van der Waals surface area contributed by atoms with E-state index >= 15 is 0 Å². The van der Waals surface area contributed by atoms with Gasteiger partial charge in [0.05, 0.1) is 6.10 Å². The predicted molar refractivity (Wildman–Crippen MR) is 57.9 cm³/mol. The standard InChI is InChI=1S/C11H19F2NO3/c1-10(2,3)17-9(16)14-6-8(15)7-4-11(12,13)5-7/h7-8,15H,4-6H2,1-3H3,(H,14,16). The first-order valence-corrected chi connectivity index (χ1v) is 5.62. The number of aliphatic hydroxyl groups excluding tert-OH is 1. The van der Waals surface area contributed by atoms with Crippen molar-refractivity contribution in [1.29, 1.82) is 0 Å². The van der Waals surface area contributed by atoms with E-state index in [1.807, 2.05) is 0 Å². The molecule has 1 saturated carbocycles. The van der Waals surface area contributed by atoms with Crippen molar-refractivity contribution in [3.05, 3.63) is 0 Å². The summed E-state index contributed by atoms with van der Waals surface area (Å²) in [6.45, 7) is 5.09. The molecule has 1 amide bonds. The molecule has 0 bridgehead atoms. The van der Waals surface area contributed by atoms with Crippen LogP contribution in [0.25, 0.3) is 0 Å². The summed E-state index contributed by atoms with van der Waals surface area (Å²) >= 11 is 0. The molecule has 0 aromatic carbocycles. The lowest BCUT2D eigenvalue weighted by atomic mass is 9.77. The van der Waals surface area contributed by atoms with E-state index in [2.05, 4.69) is 5.32 Å². The van der Waals surface area contributed by atoms with E-state index in [0.717, 1.165) is 0 Å². The molecule has 0 aromatic rings. The maximum atomic E-state index is 12.5. The number of carbonyl (C=O) groups excluding carboxylic acids is 1. The maximum absolute atomic E-state index is 12.5. The SMILES string of the molecule is CC(C)(C)OC(=O)NCC(O)C1CC(F)(F)C1. The number of alkyl halides is 2. The first-order chi connectivity index (χ1) is 7.59. The van der Waals surface area contributed by atoms with Crippen LogP contribution in [0.15, 0.2) is 0 Å². The largest absolute Gasteiger partial charge is 0.444 e. The number of hydrogen-bond acceptors (Lipinski definition) is 3. The number of alkyl carbamates (subject to hydrolysis) is 1. The molecule has 1 unspecified atom stereocenters. The van der Waals surface area contributed by atoms with Gasteiger partial charge in [-0.05, 0) is 26.7 Å². The molecule has 0 aliphatic heterocycles. The van der Waals surface area contributed by atoms with Gasteiger partial charge in [-0.3, -0.25) is 0 Å². The van der Waals surface area contributed by atoms with Crippen LogP contribution >= 0.6 is 0 Å². The van der Waals surface area contributed by atoms with Gasteiger partial charge in [0.15, 0.2) is 0 Å². The van der Waals surface area contributed by atoms with E-state index in [1.54, 1.807) is 20.8 Å². The molecule has 1 aliphatic carbocycles. The topological polar surface area (TPSA) is 58.6 Å². The van der Waals surface area contributed by atoms with Crippen molar-refractivity contribution in [3.63, 3.8) is 0 Å². The Morgan fingerprint density at radius 2 is 2.06 bits per heavy atom. The van der Waals surface area contributed by atoms with Crippen LogP contribution in [0, 0.1) is 5.92 Å². The van der Waals surface area contributed by atoms with E-state index in [0.29, 0.717) is 0 Å². The van der Waals surface area contributed by atoms with Crippen molar-refractivity contribution in [3.8, 4) is 0 Å². The minimum absolute atomic E-state index is 0.0599. The summed E-state index contributed by atoms with van der Waals surface area (Å²) in [4.78, 5) is 11.2. The summed E-state index contributed by atoms with van der Waals surface area (Å²) < 4.78 is 30.0. The highest BCUT2D eigenvalue weighted by Gasteiger charge is 2.48. The molecular formula is C11H19F2NO3. The second-order valence-electron chi connectivity index (χ2n) is 5.47. The zero-order valence-corrected chi connectivity index (χ0v) is 10.3. The van der Waals surface area contributed by atoms with Crippen LogP contribution in [-0.4, -0.2) is 35.4 Å². The summed E-state index contributed by atoms with van der Waals surface area (Å²) in [5.74, 6) is -3.10. The van der Waals surface area contributed by atoms with Crippen LogP contribution in [0.3, 0.4) is 0 Å². The van der Waals surface area contributed by atoms with Crippen molar-refractivity contribution in [2.24, 2.45) is 5.92 Å². The molecule has 2 N–H and O–H groups in total. The van der Waals surface area contributed by atoms with Gasteiger partial charge in [0.25, 0.3) is 0 Å². The minimum Gasteiger partial charge on any atom is -0.444 e. The maximum Gasteiger partial charge on any atom is 0.407 e. The highest BCUT2D eigenvalue weighted by Crippen LogP contribution is 2.43. The number of rotatable bonds is 3. The molecule has 0 heterocycles. The van der Waals surface area contributed by atoms with Crippen molar-refractivity contribution < 1.29 is 23.4 Å². The highest BCUT2D eigenvalue weighted by molar-refractivity contribution is 5.67. The van der Waals surface area contributed by atoms with E-state index in [1.165, 1.54) is 0 Å². The number of ether oxygens (including phenoxy) is 1. The Kier molecular flexibility index (Phi) is 3.96. The Labute approximate surface area is 99.3 Å². The molecule has 1 rings (SSSR count). The predicted octanol–water partition coefficient (Wildman–Crippen LogP) is 1.92. The third-order valence-corrected chi connectivity index (χ3v) is 2.52. The first-order valence-electron chi connectivity index (χ1n) is 5.62. The van der Waals surface area contributed by atoms with E-state index in [9.17, 15) is 18.7 Å². The third kappa shape index (κ3) is 4.85. The van der Waals surface area contributed by atoms with Gasteiger partial charge in [-0.15, -0.1) is 0 Å². The lowest BCUT2D eigenvalue weighted by molar-refractivity contribution is -0.140. The normalized spacial score (nSPS) is 21.5. The van der Waals surface area contributed by atoms with Gasteiger partial charge in [0, 0.05) is 19.4 Å². The molecular weight excluding hydrogens is 232 g/mol. The lowest BCUT2D eigenvalue weighted by Gasteiger charge is -2.37. The summed E-state index contributed by atoms with van der Waals surface area (Å²) in [7, 11) is 0. The van der Waals surface area contributed by atoms with Gasteiger partial charge in [0.1, 0.15) is 5.60 Å². The summed E-state index contributed by atoms with van der Waals surface area (Å²) in [6, 6.07) is 0. The van der Waals surface area contributed by atoms with Crippen LogP contribution in [0.4, 0.5) is 13.6 Å². The fraction of sp³-hybridized carbons (Fsp3) is 0.909. The number of carbonyl (C=O) groups is 1. The number of halogens is 2. The van der Waals surface area contributed by atoms with E-state index < -0.39 is 29.6 Å². The van der Waals surface area contributed by atoms with Crippen LogP contribution in [-0.2, 0) is 4.74 Å². The van der Waals surface area contributed by atoms with Gasteiger partial charge in [-0.2, -0.15) is 0 Å². The quantitative estimate of drug-likeness (QED) is 0.805. The zero-order valence-electron chi connectivity index (χ0n) is 10.3. The zero-order chi connectivity index (χ0) is 13.3. The molecule has 1 atom stereocenters. The Morgan fingerprint density at radius 3 is 2.47 bits per heavy atom. The van der Waals surface area contributed by atoms with Crippen molar-refractivity contribution in [1.82, 2.24) is 5.32 Å². The number of hydrogen-bond donors (Lipinski definition) is 2. The van der Waals surface area contributed by atoms with Crippen molar-refractivity contribution in [2.45, 2.75) is 51.2 Å². The monoisotopic (exact) mass is 251 g/mol. The van der Waals surface area contributed by atoms with Gasteiger partial charge in [-0.25, -0.2) is 13.6 Å². The fourth-order valence-corrected chi connectivity index (χ4v) is 1.65. The Balaban J connectivity index is 2.21. The van der Waals surface area contributed by atoms with E-state index in [4.69, 9.17) is 4.74 Å². The molecule has 0 spiro atoms. The summed E-state index contributed by atoms with van der Waals surface area (Å²) in [5.41, 5.74) is -0.613. The molecule has 0 aromatic heterocycles. The molecule has 100 valence electrons. The Morgan fingerprint density at radius 1 is 1.53 bits per heavy atom. The van der Waals surface area contributed by atoms with Gasteiger partial charge < -0.3 is 15.2 Å². The molecule has 1 fully saturated rings. The summed E-state index contributed by atoms with van der Waals surface area (Å²) in [6.07, 6.45) is -2.22. The van der Waals surface area contributed by atoms with Crippen molar-refractivity contribution in [2.75, 3.05) is 6.54 Å². The highest BCUT2D eigenvalue weighted by atomic mass is 19.3. The number of nitrogens with one attached hydrogen (secondary N) is 1. The van der Waals surface area contributed by atoms with Crippen LogP contribution in [0.1, 0.15) is 33.6 Å². The number of aliphatic hydroxyl groups is 1. The molecule has 17 heavy (non-hydrogen) atoms. The smallest absolute Gasteiger partial charge is 0.407 e. The van der Waals surface area contributed by atoms with Crippen LogP contribution < -0.4 is 5.32 Å². The van der Waals surface area contributed by atoms with Gasteiger partial charge in [-0.1, -0.05) is 0 Å². The average Bonchev–Trinajstić information content (AvgIpc) is 2.07. The molecule has 0 radical (unpaired) electrons. The fourth-order valence-electron chi connectivity index (χ4n) is 1.65. The van der Waals surface area contributed by atoms with Gasteiger partial charge >= 0.3 is 6.09 Å². The Bertz CT molecular complexity index is 281. The van der Waals surface area contributed by atoms with Crippen LogP contribution in [0.5, 0.6) is 0 Å². The molecule has 0 saturated heterocycles. The number of amides is 1. The second kappa shape index (κ2) is 4.76. The Hall–Kier alpha value is -0.910. The minimum atomic E-state index is -2.66. The van der Waals surface area contributed by atoms with Crippen LogP contribution in [0.2, 0.25) is 0 Å². The lowest BCUT2D eigenvalue weighted by Crippen LogP contribution is -2.47. The molecule has 6 heteroatoms. The van der Waals surface area contributed by atoms with Gasteiger partial charge in [0.2, 0.25) is 5.92 Å². The molecule has 4 nitrogen and oxygen atoms in total. The summed E-state index contributed by atoms with van der Waals surface area (Å²) in [5, 5.41) is 11.9. The average molecular weight is 251 g/mol.